The summed E-state index contributed by atoms with van der Waals surface area (Å²) in [5.74, 6) is -0.582. The summed E-state index contributed by atoms with van der Waals surface area (Å²) in [6, 6.07) is 13.3. The van der Waals surface area contributed by atoms with Crippen molar-refractivity contribution < 1.29 is 17.5 Å². The van der Waals surface area contributed by atoms with E-state index in [0.717, 1.165) is 31.3 Å². The van der Waals surface area contributed by atoms with Crippen LogP contribution < -0.4 is 4.72 Å². The molecule has 0 radical (unpaired) electrons. The van der Waals surface area contributed by atoms with Crippen molar-refractivity contribution in [1.82, 2.24) is 9.62 Å². The second kappa shape index (κ2) is 8.45. The van der Waals surface area contributed by atoms with Crippen molar-refractivity contribution in [2.45, 2.75) is 17.5 Å². The van der Waals surface area contributed by atoms with Gasteiger partial charge in [0, 0.05) is 26.2 Å². The van der Waals surface area contributed by atoms with E-state index in [2.05, 4.69) is 21.8 Å². The fourth-order valence-electron chi connectivity index (χ4n) is 2.86. The maximum absolute atomic E-state index is 13.1. The van der Waals surface area contributed by atoms with Gasteiger partial charge in [-0.25, -0.2) is 17.5 Å². The van der Waals surface area contributed by atoms with Crippen LogP contribution in [0, 0.1) is 5.82 Å². The Morgan fingerprint density at radius 3 is 2.73 bits per heavy atom. The number of ether oxygens (including phenoxy) is 1. The van der Waals surface area contributed by atoms with Gasteiger partial charge in [-0.15, -0.1) is 0 Å². The quantitative estimate of drug-likeness (QED) is 0.812. The average molecular weight is 399 g/mol. The molecule has 1 fully saturated rings. The van der Waals surface area contributed by atoms with Gasteiger partial charge in [0.25, 0.3) is 0 Å². The van der Waals surface area contributed by atoms with E-state index in [4.69, 9.17) is 16.3 Å². The molecule has 0 aromatic heterocycles. The molecule has 0 bridgehead atoms. The predicted octanol–water partition coefficient (Wildman–Crippen LogP) is 2.66. The highest BCUT2D eigenvalue weighted by molar-refractivity contribution is 7.89. The first-order valence-electron chi connectivity index (χ1n) is 8.26. The largest absolute Gasteiger partial charge is 0.374 e. The molecule has 0 spiro atoms. The minimum atomic E-state index is -3.83. The zero-order valence-electron chi connectivity index (χ0n) is 14.1. The third-order valence-corrected chi connectivity index (χ3v) is 6.06. The smallest absolute Gasteiger partial charge is 0.242 e. The molecular formula is C18H20ClFN2O3S. The number of sulfonamides is 1. The summed E-state index contributed by atoms with van der Waals surface area (Å²) in [7, 11) is -3.83. The summed E-state index contributed by atoms with van der Waals surface area (Å²) >= 11 is 5.85. The number of nitrogens with one attached hydrogen (secondary N) is 1. The van der Waals surface area contributed by atoms with Crippen molar-refractivity contribution in [2.75, 3.05) is 26.2 Å². The number of benzene rings is 2. The molecule has 1 N–H and O–H groups in total. The summed E-state index contributed by atoms with van der Waals surface area (Å²) in [6.45, 7) is 2.87. The highest BCUT2D eigenvalue weighted by atomic mass is 35.5. The molecule has 1 heterocycles. The van der Waals surface area contributed by atoms with E-state index in [1.54, 1.807) is 0 Å². The molecule has 0 aliphatic carbocycles. The summed E-state index contributed by atoms with van der Waals surface area (Å²) < 4.78 is 46.1. The average Bonchev–Trinajstić information content (AvgIpc) is 2.61. The fourth-order valence-corrected chi connectivity index (χ4v) is 4.46. The second-order valence-corrected chi connectivity index (χ2v) is 8.28. The lowest BCUT2D eigenvalue weighted by Gasteiger charge is -2.33. The van der Waals surface area contributed by atoms with Crippen molar-refractivity contribution in [3.63, 3.8) is 0 Å². The third-order valence-electron chi connectivity index (χ3n) is 4.16. The van der Waals surface area contributed by atoms with E-state index < -0.39 is 15.8 Å². The Labute approximate surface area is 157 Å². The van der Waals surface area contributed by atoms with E-state index >= 15 is 0 Å². The molecule has 1 aliphatic rings. The van der Waals surface area contributed by atoms with Crippen LogP contribution in [0.25, 0.3) is 0 Å². The van der Waals surface area contributed by atoms with Crippen molar-refractivity contribution >= 4 is 21.6 Å². The molecule has 0 unspecified atom stereocenters. The van der Waals surface area contributed by atoms with Crippen molar-refractivity contribution in [3.05, 3.63) is 64.9 Å². The van der Waals surface area contributed by atoms with Crippen LogP contribution in [0.2, 0.25) is 5.02 Å². The molecule has 0 amide bonds. The van der Waals surface area contributed by atoms with Crippen molar-refractivity contribution in [1.29, 1.82) is 0 Å². The van der Waals surface area contributed by atoms with Gasteiger partial charge in [-0.05, 0) is 23.8 Å². The third kappa shape index (κ3) is 5.02. The van der Waals surface area contributed by atoms with Crippen LogP contribution in [0.5, 0.6) is 0 Å². The number of rotatable bonds is 6. The molecule has 1 atom stereocenters. The van der Waals surface area contributed by atoms with Gasteiger partial charge in [-0.2, -0.15) is 0 Å². The maximum Gasteiger partial charge on any atom is 0.242 e. The Morgan fingerprint density at radius 2 is 2.00 bits per heavy atom. The fraction of sp³-hybridized carbons (Fsp3) is 0.333. The molecule has 5 nitrogen and oxygen atoms in total. The Morgan fingerprint density at radius 1 is 1.23 bits per heavy atom. The monoisotopic (exact) mass is 398 g/mol. The predicted molar refractivity (Wildman–Crippen MR) is 98.1 cm³/mol. The van der Waals surface area contributed by atoms with Gasteiger partial charge in [0.1, 0.15) is 10.7 Å². The number of hydrogen-bond donors (Lipinski definition) is 1. The standard InChI is InChI=1S/C18H20ClFN2O3S/c19-17-10-15(20)6-7-18(17)26(23,24)21-11-16-13-22(8-9-25-16)12-14-4-2-1-3-5-14/h1-7,10,16,21H,8-9,11-13H2/t16-/m1/s1. The Hall–Kier alpha value is -1.51. The molecule has 140 valence electrons. The summed E-state index contributed by atoms with van der Waals surface area (Å²) in [5.41, 5.74) is 1.20. The van der Waals surface area contributed by atoms with Gasteiger partial charge < -0.3 is 4.74 Å². The number of halogens is 2. The molecule has 2 aromatic rings. The zero-order valence-corrected chi connectivity index (χ0v) is 15.6. The Balaban J connectivity index is 1.58. The topological polar surface area (TPSA) is 58.6 Å². The van der Waals surface area contributed by atoms with E-state index in [-0.39, 0.29) is 22.6 Å². The number of hydrogen-bond acceptors (Lipinski definition) is 4. The SMILES string of the molecule is O=S(=O)(NC[C@@H]1CN(Cc2ccccc2)CCO1)c1ccc(F)cc1Cl. The molecule has 26 heavy (non-hydrogen) atoms. The summed E-state index contributed by atoms with van der Waals surface area (Å²) in [6.07, 6.45) is -0.263. The molecule has 1 saturated heterocycles. The first-order valence-corrected chi connectivity index (χ1v) is 10.1. The van der Waals surface area contributed by atoms with Crippen LogP contribution in [-0.4, -0.2) is 45.7 Å². The van der Waals surface area contributed by atoms with E-state index in [0.29, 0.717) is 13.2 Å². The Bertz CT molecular complexity index is 849. The summed E-state index contributed by atoms with van der Waals surface area (Å²) in [5, 5.41) is -0.146. The highest BCUT2D eigenvalue weighted by Gasteiger charge is 2.24. The van der Waals surface area contributed by atoms with Gasteiger partial charge in [0.05, 0.1) is 17.7 Å². The normalized spacial score (nSPS) is 18.8. The van der Waals surface area contributed by atoms with Gasteiger partial charge >= 0.3 is 0 Å². The number of morpholine rings is 1. The van der Waals surface area contributed by atoms with E-state index in [9.17, 15) is 12.8 Å². The molecule has 1 aliphatic heterocycles. The van der Waals surface area contributed by atoms with Crippen molar-refractivity contribution in [3.8, 4) is 0 Å². The van der Waals surface area contributed by atoms with Gasteiger partial charge in [-0.3, -0.25) is 4.90 Å². The van der Waals surface area contributed by atoms with Gasteiger partial charge in [0.15, 0.2) is 0 Å². The maximum atomic E-state index is 13.1. The lowest BCUT2D eigenvalue weighted by atomic mass is 10.2. The summed E-state index contributed by atoms with van der Waals surface area (Å²) in [4.78, 5) is 2.08. The molecule has 3 rings (SSSR count). The number of nitrogens with zero attached hydrogens (tertiary/aromatic N) is 1. The highest BCUT2D eigenvalue weighted by Crippen LogP contribution is 2.22. The minimum absolute atomic E-state index is 0.126. The molecule has 8 heteroatoms. The molecule has 2 aromatic carbocycles. The first kappa shape index (κ1) is 19.3. The van der Waals surface area contributed by atoms with Crippen LogP contribution in [-0.2, 0) is 21.3 Å². The van der Waals surface area contributed by atoms with Crippen LogP contribution in [0.4, 0.5) is 4.39 Å². The van der Waals surface area contributed by atoms with Crippen molar-refractivity contribution in [2.24, 2.45) is 0 Å². The molecular weight excluding hydrogens is 379 g/mol. The Kier molecular flexibility index (Phi) is 6.26. The van der Waals surface area contributed by atoms with E-state index in [1.807, 2.05) is 18.2 Å². The zero-order chi connectivity index (χ0) is 18.6. The lowest BCUT2D eigenvalue weighted by molar-refractivity contribution is -0.0276. The molecule has 0 saturated carbocycles. The first-order chi connectivity index (χ1) is 12.4. The minimum Gasteiger partial charge on any atom is -0.374 e. The van der Waals surface area contributed by atoms with Crippen LogP contribution >= 0.6 is 11.6 Å². The van der Waals surface area contributed by atoms with Crippen LogP contribution in [0.3, 0.4) is 0 Å². The van der Waals surface area contributed by atoms with Crippen LogP contribution in [0.1, 0.15) is 5.56 Å². The van der Waals surface area contributed by atoms with Crippen LogP contribution in [0.15, 0.2) is 53.4 Å². The van der Waals surface area contributed by atoms with Gasteiger partial charge in [-0.1, -0.05) is 41.9 Å². The van der Waals surface area contributed by atoms with Gasteiger partial charge in [0.2, 0.25) is 10.0 Å². The lowest BCUT2D eigenvalue weighted by Crippen LogP contribution is -2.47. The van der Waals surface area contributed by atoms with E-state index in [1.165, 1.54) is 5.56 Å². The second-order valence-electron chi connectivity index (χ2n) is 6.14.